The standard InChI is InChI=1S/C10H12BrClOS/c11-9-3-2-8(10(12)6-9)7-14-5-1-4-13/h2-3,6,13H,1,4-5,7H2. The Morgan fingerprint density at radius 2 is 2.21 bits per heavy atom. The molecule has 0 aliphatic rings. The highest BCUT2D eigenvalue weighted by molar-refractivity contribution is 9.10. The van der Waals surface area contributed by atoms with E-state index in [1.165, 1.54) is 0 Å². The Morgan fingerprint density at radius 1 is 1.43 bits per heavy atom. The Kier molecular flexibility index (Phi) is 5.94. The Labute approximate surface area is 102 Å². The summed E-state index contributed by atoms with van der Waals surface area (Å²) in [6.45, 7) is 0.265. The lowest BCUT2D eigenvalue weighted by Crippen LogP contribution is -1.88. The van der Waals surface area contributed by atoms with Gasteiger partial charge in [0.05, 0.1) is 0 Å². The van der Waals surface area contributed by atoms with Crippen LogP contribution in [0, 0.1) is 0 Å². The molecule has 4 heteroatoms. The average Bonchev–Trinajstić information content (AvgIpc) is 2.15. The summed E-state index contributed by atoms with van der Waals surface area (Å²) in [4.78, 5) is 0. The van der Waals surface area contributed by atoms with E-state index in [9.17, 15) is 0 Å². The predicted octanol–water partition coefficient (Wildman–Crippen LogP) is 3.72. The number of halogens is 2. The number of thioether (sulfide) groups is 1. The van der Waals surface area contributed by atoms with Crippen LogP contribution in [0.3, 0.4) is 0 Å². The van der Waals surface area contributed by atoms with Gasteiger partial charge in [-0.1, -0.05) is 33.6 Å². The molecule has 0 spiro atoms. The molecule has 0 amide bonds. The lowest BCUT2D eigenvalue weighted by Gasteiger charge is -2.04. The van der Waals surface area contributed by atoms with Crippen molar-refractivity contribution in [2.75, 3.05) is 12.4 Å². The quantitative estimate of drug-likeness (QED) is 0.836. The highest BCUT2D eigenvalue weighted by Gasteiger charge is 2.00. The minimum absolute atomic E-state index is 0.265. The van der Waals surface area contributed by atoms with Crippen molar-refractivity contribution in [3.8, 4) is 0 Å². The van der Waals surface area contributed by atoms with E-state index < -0.39 is 0 Å². The first kappa shape index (κ1) is 12.4. The van der Waals surface area contributed by atoms with Gasteiger partial charge in [0.2, 0.25) is 0 Å². The van der Waals surface area contributed by atoms with Gasteiger partial charge in [-0.2, -0.15) is 11.8 Å². The highest BCUT2D eigenvalue weighted by Crippen LogP contribution is 2.24. The average molecular weight is 296 g/mol. The van der Waals surface area contributed by atoms with Crippen LogP contribution in [0.1, 0.15) is 12.0 Å². The maximum atomic E-state index is 8.61. The summed E-state index contributed by atoms with van der Waals surface area (Å²) in [5.74, 6) is 1.88. The zero-order valence-corrected chi connectivity index (χ0v) is 10.8. The molecule has 0 fully saturated rings. The zero-order chi connectivity index (χ0) is 10.4. The van der Waals surface area contributed by atoms with E-state index in [4.69, 9.17) is 16.7 Å². The number of aliphatic hydroxyl groups is 1. The molecule has 0 radical (unpaired) electrons. The molecule has 1 rings (SSSR count). The van der Waals surface area contributed by atoms with E-state index in [0.717, 1.165) is 33.0 Å². The maximum Gasteiger partial charge on any atom is 0.0457 e. The van der Waals surface area contributed by atoms with Gasteiger partial charge in [0.1, 0.15) is 0 Å². The number of hydrogen-bond donors (Lipinski definition) is 1. The molecule has 1 aromatic carbocycles. The van der Waals surface area contributed by atoms with Gasteiger partial charge in [-0.25, -0.2) is 0 Å². The molecule has 0 bridgehead atoms. The third kappa shape index (κ3) is 4.22. The summed E-state index contributed by atoms with van der Waals surface area (Å²) in [5, 5.41) is 9.41. The van der Waals surface area contributed by atoms with Crippen LogP contribution in [0.2, 0.25) is 5.02 Å². The van der Waals surface area contributed by atoms with Crippen LogP contribution >= 0.6 is 39.3 Å². The molecule has 1 N–H and O–H groups in total. The SMILES string of the molecule is OCCCSCc1ccc(Br)cc1Cl. The summed E-state index contributed by atoms with van der Waals surface area (Å²) in [6.07, 6.45) is 0.846. The van der Waals surface area contributed by atoms with Crippen LogP contribution in [0.15, 0.2) is 22.7 Å². The van der Waals surface area contributed by atoms with Gasteiger partial charge in [0, 0.05) is 21.9 Å². The summed E-state index contributed by atoms with van der Waals surface area (Å²) in [6, 6.07) is 5.93. The van der Waals surface area contributed by atoms with Crippen LogP contribution in [-0.2, 0) is 5.75 Å². The fraction of sp³-hybridized carbons (Fsp3) is 0.400. The monoisotopic (exact) mass is 294 g/mol. The first-order chi connectivity index (χ1) is 6.74. The Bertz CT molecular complexity index is 293. The van der Waals surface area contributed by atoms with Crippen molar-refractivity contribution < 1.29 is 5.11 Å². The fourth-order valence-corrected chi connectivity index (χ4v) is 2.76. The maximum absolute atomic E-state index is 8.61. The van der Waals surface area contributed by atoms with Crippen LogP contribution in [0.4, 0.5) is 0 Å². The molecule has 0 aliphatic heterocycles. The van der Waals surface area contributed by atoms with Crippen LogP contribution in [-0.4, -0.2) is 17.5 Å². The third-order valence-electron chi connectivity index (χ3n) is 1.72. The van der Waals surface area contributed by atoms with Crippen molar-refractivity contribution in [3.63, 3.8) is 0 Å². The van der Waals surface area contributed by atoms with Crippen molar-refractivity contribution in [3.05, 3.63) is 33.3 Å². The normalized spacial score (nSPS) is 10.5. The lowest BCUT2D eigenvalue weighted by atomic mass is 10.2. The van der Waals surface area contributed by atoms with Crippen LogP contribution in [0.5, 0.6) is 0 Å². The minimum atomic E-state index is 0.265. The van der Waals surface area contributed by atoms with Crippen molar-refractivity contribution in [2.45, 2.75) is 12.2 Å². The smallest absolute Gasteiger partial charge is 0.0457 e. The molecule has 0 unspecified atom stereocenters. The van der Waals surface area contributed by atoms with Crippen molar-refractivity contribution in [1.82, 2.24) is 0 Å². The van der Waals surface area contributed by atoms with E-state index in [1.807, 2.05) is 18.2 Å². The molecule has 0 saturated heterocycles. The second-order valence-electron chi connectivity index (χ2n) is 2.87. The molecule has 1 aromatic rings. The molecule has 1 nitrogen and oxygen atoms in total. The first-order valence-electron chi connectivity index (χ1n) is 4.36. The van der Waals surface area contributed by atoms with E-state index >= 15 is 0 Å². The summed E-state index contributed by atoms with van der Waals surface area (Å²) >= 11 is 11.2. The second-order valence-corrected chi connectivity index (χ2v) is 5.29. The number of aliphatic hydroxyl groups excluding tert-OH is 1. The first-order valence-corrected chi connectivity index (χ1v) is 6.69. The lowest BCUT2D eigenvalue weighted by molar-refractivity contribution is 0.296. The molecule has 78 valence electrons. The van der Waals surface area contributed by atoms with Gasteiger partial charge in [0.15, 0.2) is 0 Å². The van der Waals surface area contributed by atoms with E-state index in [-0.39, 0.29) is 6.61 Å². The molecule has 14 heavy (non-hydrogen) atoms. The van der Waals surface area contributed by atoms with Crippen LogP contribution < -0.4 is 0 Å². The van der Waals surface area contributed by atoms with E-state index in [1.54, 1.807) is 11.8 Å². The minimum Gasteiger partial charge on any atom is -0.396 e. The fourth-order valence-electron chi connectivity index (χ4n) is 0.987. The molecular weight excluding hydrogens is 284 g/mol. The number of hydrogen-bond acceptors (Lipinski definition) is 2. The van der Waals surface area contributed by atoms with Gasteiger partial charge < -0.3 is 5.11 Å². The molecule has 0 atom stereocenters. The number of rotatable bonds is 5. The molecule has 0 aliphatic carbocycles. The molecule has 0 heterocycles. The molecular formula is C10H12BrClOS. The molecule has 0 saturated carbocycles. The Balaban J connectivity index is 2.42. The van der Waals surface area contributed by atoms with E-state index in [2.05, 4.69) is 15.9 Å². The van der Waals surface area contributed by atoms with Crippen molar-refractivity contribution in [1.29, 1.82) is 0 Å². The third-order valence-corrected chi connectivity index (χ3v) is 3.66. The predicted molar refractivity (Wildman–Crippen MR) is 67.0 cm³/mol. The van der Waals surface area contributed by atoms with Gasteiger partial charge in [-0.3, -0.25) is 0 Å². The summed E-state index contributed by atoms with van der Waals surface area (Å²) in [7, 11) is 0. The van der Waals surface area contributed by atoms with Crippen molar-refractivity contribution in [2.24, 2.45) is 0 Å². The summed E-state index contributed by atoms with van der Waals surface area (Å²) in [5.41, 5.74) is 1.15. The Morgan fingerprint density at radius 3 is 2.86 bits per heavy atom. The number of benzene rings is 1. The summed E-state index contributed by atoms with van der Waals surface area (Å²) < 4.78 is 1.01. The highest BCUT2D eigenvalue weighted by atomic mass is 79.9. The van der Waals surface area contributed by atoms with Gasteiger partial charge >= 0.3 is 0 Å². The van der Waals surface area contributed by atoms with Crippen molar-refractivity contribution >= 4 is 39.3 Å². The van der Waals surface area contributed by atoms with Crippen LogP contribution in [0.25, 0.3) is 0 Å². The Hall–Kier alpha value is 0.300. The topological polar surface area (TPSA) is 20.2 Å². The second kappa shape index (κ2) is 6.72. The van der Waals surface area contributed by atoms with Gasteiger partial charge in [0.25, 0.3) is 0 Å². The largest absolute Gasteiger partial charge is 0.396 e. The zero-order valence-electron chi connectivity index (χ0n) is 7.67. The van der Waals surface area contributed by atoms with Gasteiger partial charge in [-0.05, 0) is 29.9 Å². The van der Waals surface area contributed by atoms with E-state index in [0.29, 0.717) is 0 Å². The molecule has 0 aromatic heterocycles. The van der Waals surface area contributed by atoms with Gasteiger partial charge in [-0.15, -0.1) is 0 Å².